The first-order valence-corrected chi connectivity index (χ1v) is 9.69. The molecule has 2 aromatic heterocycles. The van der Waals surface area contributed by atoms with Crippen LogP contribution in [0.25, 0.3) is 34.3 Å². The zero-order chi connectivity index (χ0) is 19.3. The van der Waals surface area contributed by atoms with Crippen LogP contribution in [0.3, 0.4) is 0 Å². The molecule has 4 aromatic rings. The average Bonchev–Trinajstić information content (AvgIpc) is 3.23. The SMILES string of the molecule is NCCSc1ccccc1-c1cnc(N)c(-c2nnc(-c3ccccc3)o2)n1.[HH].[HH].[HH].[HH]. The smallest absolute Gasteiger partial charge is 0.270 e. The van der Waals surface area contributed by atoms with E-state index in [-0.39, 0.29) is 17.4 Å². The van der Waals surface area contributed by atoms with Crippen LogP contribution in [0.15, 0.2) is 70.1 Å². The van der Waals surface area contributed by atoms with Crippen LogP contribution in [0.4, 0.5) is 5.82 Å². The molecular weight excluding hydrogens is 372 g/mol. The van der Waals surface area contributed by atoms with E-state index in [1.54, 1.807) is 18.0 Å². The summed E-state index contributed by atoms with van der Waals surface area (Å²) in [7, 11) is 0. The molecule has 0 aliphatic heterocycles. The van der Waals surface area contributed by atoms with Crippen molar-refractivity contribution in [3.8, 4) is 34.3 Å². The fourth-order valence-electron chi connectivity index (χ4n) is 2.67. The monoisotopic (exact) mass is 398 g/mol. The average molecular weight is 399 g/mol. The lowest BCUT2D eigenvalue weighted by molar-refractivity contribution is 0.582. The summed E-state index contributed by atoms with van der Waals surface area (Å²) in [6.07, 6.45) is 1.65. The van der Waals surface area contributed by atoms with E-state index in [1.807, 2.05) is 54.6 Å². The Balaban J connectivity index is 0.00000240. The molecule has 0 radical (unpaired) electrons. The van der Waals surface area contributed by atoms with E-state index < -0.39 is 0 Å². The minimum absolute atomic E-state index is 0. The summed E-state index contributed by atoms with van der Waals surface area (Å²) in [6.45, 7) is 0.599. The summed E-state index contributed by atoms with van der Waals surface area (Å²) in [6, 6.07) is 17.5. The second kappa shape index (κ2) is 8.20. The number of nitrogen functional groups attached to an aromatic ring is 1. The summed E-state index contributed by atoms with van der Waals surface area (Å²) in [5.41, 5.74) is 14.5. The summed E-state index contributed by atoms with van der Waals surface area (Å²) in [5, 5.41) is 8.22. The Kier molecular flexibility index (Phi) is 5.31. The number of rotatable bonds is 6. The van der Waals surface area contributed by atoms with Crippen molar-refractivity contribution in [3.05, 3.63) is 60.8 Å². The maximum absolute atomic E-state index is 6.04. The van der Waals surface area contributed by atoms with Gasteiger partial charge in [0.25, 0.3) is 5.89 Å². The van der Waals surface area contributed by atoms with Gasteiger partial charge >= 0.3 is 0 Å². The number of hydrogen-bond donors (Lipinski definition) is 2. The maximum Gasteiger partial charge on any atom is 0.270 e. The van der Waals surface area contributed by atoms with Gasteiger partial charge in [-0.1, -0.05) is 36.4 Å². The predicted octanol–water partition coefficient (Wildman–Crippen LogP) is 4.48. The maximum atomic E-state index is 6.04. The Morgan fingerprint density at radius 1 is 0.964 bits per heavy atom. The van der Waals surface area contributed by atoms with Gasteiger partial charge in [0.2, 0.25) is 5.89 Å². The van der Waals surface area contributed by atoms with Gasteiger partial charge in [0.1, 0.15) is 0 Å². The lowest BCUT2D eigenvalue weighted by atomic mass is 10.1. The normalized spacial score (nSPS) is 10.9. The Morgan fingerprint density at radius 2 is 1.71 bits per heavy atom. The van der Waals surface area contributed by atoms with Gasteiger partial charge in [0.05, 0.1) is 11.9 Å². The van der Waals surface area contributed by atoms with Crippen molar-refractivity contribution in [2.75, 3.05) is 18.0 Å². The lowest BCUT2D eigenvalue weighted by Crippen LogP contribution is -2.02. The molecule has 7 nitrogen and oxygen atoms in total. The minimum Gasteiger partial charge on any atom is -0.414 e. The summed E-state index contributed by atoms with van der Waals surface area (Å²) in [4.78, 5) is 10.0. The number of thioether (sulfide) groups is 1. The molecule has 0 bridgehead atoms. The molecule has 4 N–H and O–H groups in total. The van der Waals surface area contributed by atoms with E-state index in [2.05, 4.69) is 20.2 Å². The van der Waals surface area contributed by atoms with Crippen LogP contribution < -0.4 is 11.5 Å². The Labute approximate surface area is 172 Å². The van der Waals surface area contributed by atoms with E-state index in [0.717, 1.165) is 21.8 Å². The molecule has 28 heavy (non-hydrogen) atoms. The Hall–Kier alpha value is -3.23. The summed E-state index contributed by atoms with van der Waals surface area (Å²) in [5.74, 6) is 1.69. The fourth-order valence-corrected chi connectivity index (χ4v) is 3.52. The van der Waals surface area contributed by atoms with Crippen LogP contribution in [0.1, 0.15) is 5.71 Å². The summed E-state index contributed by atoms with van der Waals surface area (Å²) >= 11 is 1.67. The van der Waals surface area contributed by atoms with E-state index in [1.165, 1.54) is 0 Å². The highest BCUT2D eigenvalue weighted by atomic mass is 32.2. The largest absolute Gasteiger partial charge is 0.414 e. The van der Waals surface area contributed by atoms with E-state index in [4.69, 9.17) is 15.9 Å². The lowest BCUT2D eigenvalue weighted by Gasteiger charge is -2.09. The van der Waals surface area contributed by atoms with E-state index in [0.29, 0.717) is 23.8 Å². The quantitative estimate of drug-likeness (QED) is 0.457. The highest BCUT2D eigenvalue weighted by Crippen LogP contribution is 2.32. The van der Waals surface area contributed by atoms with Crippen LogP contribution in [0, 0.1) is 0 Å². The molecule has 0 saturated heterocycles. The molecule has 0 aliphatic carbocycles. The molecule has 2 heterocycles. The van der Waals surface area contributed by atoms with Crippen molar-refractivity contribution >= 4 is 17.6 Å². The van der Waals surface area contributed by atoms with Crippen molar-refractivity contribution in [1.29, 1.82) is 0 Å². The van der Waals surface area contributed by atoms with Gasteiger partial charge in [-0.2, -0.15) is 0 Å². The number of nitrogens with two attached hydrogens (primary N) is 2. The summed E-state index contributed by atoms with van der Waals surface area (Å²) < 4.78 is 5.80. The topological polar surface area (TPSA) is 117 Å². The Morgan fingerprint density at radius 3 is 2.54 bits per heavy atom. The molecule has 0 fully saturated rings. The second-order valence-corrected chi connectivity index (χ2v) is 7.04. The van der Waals surface area contributed by atoms with Gasteiger partial charge in [-0.25, -0.2) is 9.97 Å². The van der Waals surface area contributed by atoms with Crippen molar-refractivity contribution < 1.29 is 10.1 Å². The van der Waals surface area contributed by atoms with Crippen LogP contribution >= 0.6 is 11.8 Å². The molecule has 0 spiro atoms. The highest BCUT2D eigenvalue weighted by molar-refractivity contribution is 7.99. The molecule has 4 rings (SSSR count). The van der Waals surface area contributed by atoms with Crippen molar-refractivity contribution in [2.45, 2.75) is 4.90 Å². The third-order valence-corrected chi connectivity index (χ3v) is 5.09. The predicted molar refractivity (Wildman–Crippen MR) is 119 cm³/mol. The fraction of sp³-hybridized carbons (Fsp3) is 0.100. The standard InChI is InChI=1S/C20H18N6OS.4H2/c21-10-11-28-16-9-5-4-8-14(16)15-12-23-18(22)17(24-15)20-26-25-19(27-20)13-6-2-1-3-7-13;;;;/h1-9,12H,10-11,21H2,(H2,22,23);4*1H. The molecule has 0 aliphatic rings. The first kappa shape index (κ1) is 18.1. The minimum atomic E-state index is 0. The third kappa shape index (κ3) is 3.73. The van der Waals surface area contributed by atoms with Gasteiger partial charge in [-0.05, 0) is 18.2 Å². The number of benzene rings is 2. The van der Waals surface area contributed by atoms with Crippen LogP contribution in [0.5, 0.6) is 0 Å². The van der Waals surface area contributed by atoms with E-state index >= 15 is 0 Å². The first-order chi connectivity index (χ1) is 13.8. The van der Waals surface area contributed by atoms with Gasteiger partial charge in [-0.15, -0.1) is 22.0 Å². The number of nitrogens with zero attached hydrogens (tertiary/aromatic N) is 4. The molecular formula is C20H26N6OS. The van der Waals surface area contributed by atoms with Gasteiger partial charge in [0, 0.05) is 34.0 Å². The molecule has 0 unspecified atom stereocenters. The van der Waals surface area contributed by atoms with Crippen LogP contribution in [-0.4, -0.2) is 32.5 Å². The molecule has 0 amide bonds. The van der Waals surface area contributed by atoms with Gasteiger partial charge < -0.3 is 15.9 Å². The van der Waals surface area contributed by atoms with Gasteiger partial charge in [0.15, 0.2) is 11.5 Å². The molecule has 0 saturated carbocycles. The molecule has 0 atom stereocenters. The molecule has 148 valence electrons. The van der Waals surface area contributed by atoms with Crippen LogP contribution in [0.2, 0.25) is 0 Å². The van der Waals surface area contributed by atoms with Crippen LogP contribution in [-0.2, 0) is 0 Å². The number of hydrogen-bond acceptors (Lipinski definition) is 8. The van der Waals surface area contributed by atoms with Gasteiger partial charge in [-0.3, -0.25) is 0 Å². The third-order valence-electron chi connectivity index (χ3n) is 3.99. The first-order valence-electron chi connectivity index (χ1n) is 8.70. The second-order valence-electron chi connectivity index (χ2n) is 5.90. The van der Waals surface area contributed by atoms with Crippen molar-refractivity contribution in [1.82, 2.24) is 20.2 Å². The van der Waals surface area contributed by atoms with E-state index in [9.17, 15) is 0 Å². The molecule has 2 aromatic carbocycles. The number of aromatic nitrogens is 4. The Bertz CT molecular complexity index is 1100. The zero-order valence-electron chi connectivity index (χ0n) is 14.9. The zero-order valence-corrected chi connectivity index (χ0v) is 15.8. The van der Waals surface area contributed by atoms with Crippen molar-refractivity contribution in [3.63, 3.8) is 0 Å². The van der Waals surface area contributed by atoms with Crippen molar-refractivity contribution in [2.24, 2.45) is 5.73 Å². The molecule has 8 heteroatoms. The highest BCUT2D eigenvalue weighted by Gasteiger charge is 2.17. The number of anilines is 1.